The van der Waals surface area contributed by atoms with Crippen LogP contribution in [0, 0.1) is 0 Å². The summed E-state index contributed by atoms with van der Waals surface area (Å²) in [5.74, 6) is 0.912. The van der Waals surface area contributed by atoms with Crippen molar-refractivity contribution in [3.05, 3.63) is 0 Å². The Hall–Kier alpha value is -0.630. The van der Waals surface area contributed by atoms with Crippen LogP contribution in [0.15, 0.2) is 0 Å². The Morgan fingerprint density at radius 1 is 1.45 bits per heavy atom. The lowest BCUT2D eigenvalue weighted by Crippen LogP contribution is -2.56. The molecule has 1 heterocycles. The molecule has 1 aliphatic rings. The van der Waals surface area contributed by atoms with Crippen molar-refractivity contribution in [2.45, 2.75) is 44.0 Å². The second kappa shape index (κ2) is 6.89. The van der Waals surface area contributed by atoms with Crippen LogP contribution in [0.3, 0.4) is 0 Å². The van der Waals surface area contributed by atoms with Crippen LogP contribution in [0.25, 0.3) is 0 Å². The normalized spacial score (nSPS) is 20.6. The van der Waals surface area contributed by atoms with E-state index in [9.17, 15) is 23.1 Å². The van der Waals surface area contributed by atoms with E-state index in [0.717, 1.165) is 12.2 Å². The number of carbonyl (C=O) groups excluding carboxylic acids is 1. The molecular weight excluding hydrogens is 293 g/mol. The summed E-state index contributed by atoms with van der Waals surface area (Å²) in [6.45, 7) is 1.69. The smallest absolute Gasteiger partial charge is 0.380 e. The molecule has 1 rings (SSSR count). The van der Waals surface area contributed by atoms with Crippen molar-refractivity contribution >= 4 is 17.8 Å². The molecule has 0 aromatic carbocycles. The van der Waals surface area contributed by atoms with Gasteiger partial charge in [-0.3, -0.25) is 0 Å². The van der Waals surface area contributed by atoms with Crippen LogP contribution in [0.1, 0.15) is 26.2 Å². The number of nitrogens with zero attached hydrogens (tertiary/aromatic N) is 1. The van der Waals surface area contributed by atoms with Gasteiger partial charge in [-0.25, -0.2) is 4.79 Å². The molecule has 1 saturated heterocycles. The van der Waals surface area contributed by atoms with E-state index in [4.69, 9.17) is 0 Å². The van der Waals surface area contributed by atoms with Crippen LogP contribution >= 0.6 is 11.8 Å². The van der Waals surface area contributed by atoms with Gasteiger partial charge in [0.2, 0.25) is 0 Å². The molecule has 0 radical (unpaired) electrons. The summed E-state index contributed by atoms with van der Waals surface area (Å²) in [6, 6.07) is -0.374. The fourth-order valence-corrected chi connectivity index (χ4v) is 2.62. The number of amides is 2. The molecule has 0 aromatic rings. The topological polar surface area (TPSA) is 52.6 Å². The SMILES string of the molecule is CSCCC(C)NC(=O)N1CCC(O)(C(F)(F)F)CC1. The predicted molar refractivity (Wildman–Crippen MR) is 72.8 cm³/mol. The fraction of sp³-hybridized carbons (Fsp3) is 0.917. The molecule has 2 amide bonds. The van der Waals surface area contributed by atoms with Crippen molar-refractivity contribution in [3.8, 4) is 0 Å². The second-order valence-electron chi connectivity index (χ2n) is 5.15. The second-order valence-corrected chi connectivity index (χ2v) is 6.13. The van der Waals surface area contributed by atoms with Crippen LogP contribution in [0.2, 0.25) is 0 Å². The lowest BCUT2D eigenvalue weighted by atomic mass is 9.91. The number of piperidine rings is 1. The van der Waals surface area contributed by atoms with E-state index in [1.165, 1.54) is 4.90 Å². The quantitative estimate of drug-likeness (QED) is 0.837. The third-order valence-corrected chi connectivity index (χ3v) is 4.17. The molecule has 0 spiro atoms. The summed E-state index contributed by atoms with van der Waals surface area (Å²) >= 11 is 1.67. The summed E-state index contributed by atoms with van der Waals surface area (Å²) in [5, 5.41) is 12.3. The number of aliphatic hydroxyl groups is 1. The number of rotatable bonds is 4. The third kappa shape index (κ3) is 4.44. The maximum absolute atomic E-state index is 12.6. The Morgan fingerprint density at radius 2 is 2.00 bits per heavy atom. The highest BCUT2D eigenvalue weighted by Gasteiger charge is 2.54. The van der Waals surface area contributed by atoms with Gasteiger partial charge in [0.05, 0.1) is 0 Å². The summed E-state index contributed by atoms with van der Waals surface area (Å²) in [6.07, 6.45) is -2.79. The Kier molecular flexibility index (Phi) is 6.00. The first-order valence-electron chi connectivity index (χ1n) is 6.53. The average Bonchev–Trinajstić information content (AvgIpc) is 2.35. The molecule has 1 fully saturated rings. The lowest BCUT2D eigenvalue weighted by molar-refractivity contribution is -0.271. The van der Waals surface area contributed by atoms with Crippen LogP contribution in [-0.4, -0.2) is 59.0 Å². The first kappa shape index (κ1) is 17.4. The van der Waals surface area contributed by atoms with E-state index in [2.05, 4.69) is 5.32 Å². The number of likely N-dealkylation sites (tertiary alicyclic amines) is 1. The Morgan fingerprint density at radius 3 is 2.45 bits per heavy atom. The molecule has 8 heteroatoms. The molecule has 20 heavy (non-hydrogen) atoms. The van der Waals surface area contributed by atoms with Crippen molar-refractivity contribution < 1.29 is 23.1 Å². The first-order valence-corrected chi connectivity index (χ1v) is 7.92. The van der Waals surface area contributed by atoms with Gasteiger partial charge < -0.3 is 15.3 Å². The minimum absolute atomic E-state index is 0.0154. The Balaban J connectivity index is 2.43. The van der Waals surface area contributed by atoms with E-state index in [-0.39, 0.29) is 25.2 Å². The summed E-state index contributed by atoms with van der Waals surface area (Å²) in [4.78, 5) is 13.2. The molecule has 1 aliphatic heterocycles. The average molecular weight is 314 g/mol. The molecule has 1 atom stereocenters. The van der Waals surface area contributed by atoms with Gasteiger partial charge in [0, 0.05) is 32.0 Å². The van der Waals surface area contributed by atoms with E-state index in [1.54, 1.807) is 11.8 Å². The number of nitrogens with one attached hydrogen (secondary N) is 1. The lowest BCUT2D eigenvalue weighted by Gasteiger charge is -2.39. The predicted octanol–water partition coefficient (Wildman–Crippen LogP) is 2.23. The number of hydrogen-bond donors (Lipinski definition) is 2. The van der Waals surface area contributed by atoms with Gasteiger partial charge >= 0.3 is 12.2 Å². The number of carbonyl (C=O) groups is 1. The van der Waals surface area contributed by atoms with Crippen LogP contribution in [0.5, 0.6) is 0 Å². The van der Waals surface area contributed by atoms with Crippen LogP contribution in [-0.2, 0) is 0 Å². The number of alkyl halides is 3. The van der Waals surface area contributed by atoms with Gasteiger partial charge in [0.15, 0.2) is 5.60 Å². The monoisotopic (exact) mass is 314 g/mol. The Labute approximate surface area is 121 Å². The summed E-state index contributed by atoms with van der Waals surface area (Å²) in [5.41, 5.74) is -2.66. The molecule has 1 unspecified atom stereocenters. The molecule has 0 saturated carbocycles. The van der Waals surface area contributed by atoms with Gasteiger partial charge in [0.1, 0.15) is 0 Å². The zero-order chi connectivity index (χ0) is 15.4. The molecular formula is C12H21F3N2O2S. The minimum atomic E-state index is -4.64. The van der Waals surface area contributed by atoms with Crippen molar-refractivity contribution in [1.82, 2.24) is 10.2 Å². The Bertz CT molecular complexity index is 331. The number of urea groups is 1. The van der Waals surface area contributed by atoms with Gasteiger partial charge in [-0.1, -0.05) is 0 Å². The van der Waals surface area contributed by atoms with Gasteiger partial charge in [-0.05, 0) is 25.4 Å². The fourth-order valence-electron chi connectivity index (χ4n) is 2.03. The maximum Gasteiger partial charge on any atom is 0.417 e. The number of hydrogen-bond acceptors (Lipinski definition) is 3. The largest absolute Gasteiger partial charge is 0.417 e. The molecule has 4 nitrogen and oxygen atoms in total. The maximum atomic E-state index is 12.6. The summed E-state index contributed by atoms with van der Waals surface area (Å²) < 4.78 is 37.9. The van der Waals surface area contributed by atoms with E-state index >= 15 is 0 Å². The van der Waals surface area contributed by atoms with Gasteiger partial charge in [-0.15, -0.1) is 0 Å². The van der Waals surface area contributed by atoms with E-state index in [1.807, 2.05) is 13.2 Å². The zero-order valence-electron chi connectivity index (χ0n) is 11.7. The van der Waals surface area contributed by atoms with Crippen molar-refractivity contribution in [2.24, 2.45) is 0 Å². The highest BCUT2D eigenvalue weighted by molar-refractivity contribution is 7.98. The van der Waals surface area contributed by atoms with E-state index < -0.39 is 24.6 Å². The standard InChI is InChI=1S/C12H21F3N2O2S/c1-9(3-8-20-2)16-10(18)17-6-4-11(19,5-7-17)12(13,14)15/h9,19H,3-8H2,1-2H3,(H,16,18). The van der Waals surface area contributed by atoms with Crippen molar-refractivity contribution in [1.29, 1.82) is 0 Å². The molecule has 118 valence electrons. The highest BCUT2D eigenvalue weighted by atomic mass is 32.2. The van der Waals surface area contributed by atoms with Crippen LogP contribution < -0.4 is 5.32 Å². The van der Waals surface area contributed by atoms with E-state index in [0.29, 0.717) is 0 Å². The van der Waals surface area contributed by atoms with Crippen molar-refractivity contribution in [3.63, 3.8) is 0 Å². The zero-order valence-corrected chi connectivity index (χ0v) is 12.5. The van der Waals surface area contributed by atoms with Crippen molar-refractivity contribution in [2.75, 3.05) is 25.1 Å². The first-order chi connectivity index (χ1) is 9.19. The number of halogens is 3. The third-order valence-electron chi connectivity index (χ3n) is 3.53. The minimum Gasteiger partial charge on any atom is -0.380 e. The highest BCUT2D eigenvalue weighted by Crippen LogP contribution is 2.38. The molecule has 0 bridgehead atoms. The van der Waals surface area contributed by atoms with Gasteiger partial charge in [0.25, 0.3) is 0 Å². The molecule has 0 aromatic heterocycles. The van der Waals surface area contributed by atoms with Crippen LogP contribution in [0.4, 0.5) is 18.0 Å². The number of thioether (sulfide) groups is 1. The molecule has 2 N–H and O–H groups in total. The molecule has 0 aliphatic carbocycles. The summed E-state index contributed by atoms with van der Waals surface area (Å²) in [7, 11) is 0. The van der Waals surface area contributed by atoms with Gasteiger partial charge in [-0.2, -0.15) is 24.9 Å².